The molecule has 0 spiro atoms. The first-order chi connectivity index (χ1) is 10.6. The van der Waals surface area contributed by atoms with Crippen LogP contribution in [0.4, 0.5) is 15.3 Å². The van der Waals surface area contributed by atoms with E-state index >= 15 is 0 Å². The van der Waals surface area contributed by atoms with Gasteiger partial charge in [0.2, 0.25) is 0 Å². The highest BCUT2D eigenvalue weighted by Gasteiger charge is 2.42. The number of hydrogen-bond acceptors (Lipinski definition) is 4. The van der Waals surface area contributed by atoms with Gasteiger partial charge in [-0.1, -0.05) is 11.6 Å². The Morgan fingerprint density at radius 1 is 1.36 bits per heavy atom. The van der Waals surface area contributed by atoms with Gasteiger partial charge in [0.1, 0.15) is 6.10 Å². The summed E-state index contributed by atoms with van der Waals surface area (Å²) >= 11 is 5.84. The zero-order valence-corrected chi connectivity index (χ0v) is 12.5. The highest BCUT2D eigenvalue weighted by atomic mass is 35.5. The Hall–Kier alpha value is -1.99. The summed E-state index contributed by atoms with van der Waals surface area (Å²) in [5.41, 5.74) is 0.683. The average molecular weight is 326 g/mol. The van der Waals surface area contributed by atoms with Crippen molar-refractivity contribution in [3.8, 4) is 0 Å². The molecule has 1 aromatic carbocycles. The molecule has 0 aromatic heterocycles. The van der Waals surface area contributed by atoms with Gasteiger partial charge in [-0.15, -0.1) is 0 Å². The molecule has 8 heteroatoms. The number of halogens is 1. The SMILES string of the molecule is O=C1OC(C2CNCCN2C(=O)O)CN1c1ccc(Cl)cc1. The van der Waals surface area contributed by atoms with Crippen LogP contribution in [0.25, 0.3) is 0 Å². The van der Waals surface area contributed by atoms with Crippen LogP contribution in [0, 0.1) is 0 Å². The number of nitrogens with one attached hydrogen (secondary N) is 1. The largest absolute Gasteiger partial charge is 0.465 e. The Morgan fingerprint density at radius 3 is 2.77 bits per heavy atom. The molecule has 1 aromatic rings. The summed E-state index contributed by atoms with van der Waals surface area (Å²) in [6.45, 7) is 1.77. The van der Waals surface area contributed by atoms with Gasteiger partial charge in [0.05, 0.1) is 12.6 Å². The van der Waals surface area contributed by atoms with Crippen molar-refractivity contribution < 1.29 is 19.4 Å². The Kier molecular flexibility index (Phi) is 4.08. The topological polar surface area (TPSA) is 82.1 Å². The molecule has 0 aliphatic carbocycles. The predicted molar refractivity (Wildman–Crippen MR) is 80.5 cm³/mol. The summed E-state index contributed by atoms with van der Waals surface area (Å²) in [5.74, 6) is 0. The molecule has 2 amide bonds. The van der Waals surface area contributed by atoms with Gasteiger partial charge in [0.25, 0.3) is 0 Å². The smallest absolute Gasteiger partial charge is 0.414 e. The third kappa shape index (κ3) is 2.82. The molecule has 0 saturated carbocycles. The van der Waals surface area contributed by atoms with E-state index in [1.54, 1.807) is 24.3 Å². The van der Waals surface area contributed by atoms with E-state index < -0.39 is 18.3 Å². The maximum absolute atomic E-state index is 12.1. The van der Waals surface area contributed by atoms with Crippen molar-refractivity contribution in [2.45, 2.75) is 12.1 Å². The van der Waals surface area contributed by atoms with E-state index in [0.29, 0.717) is 36.9 Å². The highest BCUT2D eigenvalue weighted by Crippen LogP contribution is 2.26. The first-order valence-electron chi connectivity index (χ1n) is 7.00. The van der Waals surface area contributed by atoms with Gasteiger partial charge >= 0.3 is 12.2 Å². The molecular weight excluding hydrogens is 310 g/mol. The molecule has 2 N–H and O–H groups in total. The van der Waals surface area contributed by atoms with Crippen molar-refractivity contribution in [2.75, 3.05) is 31.1 Å². The van der Waals surface area contributed by atoms with Gasteiger partial charge < -0.3 is 15.2 Å². The van der Waals surface area contributed by atoms with E-state index in [0.717, 1.165) is 0 Å². The van der Waals surface area contributed by atoms with E-state index in [1.165, 1.54) is 9.80 Å². The van der Waals surface area contributed by atoms with E-state index in [-0.39, 0.29) is 6.04 Å². The molecule has 2 unspecified atom stereocenters. The quantitative estimate of drug-likeness (QED) is 0.863. The van der Waals surface area contributed by atoms with Gasteiger partial charge in [-0.3, -0.25) is 9.80 Å². The summed E-state index contributed by atoms with van der Waals surface area (Å²) in [6, 6.07) is 6.49. The molecule has 0 bridgehead atoms. The number of hydrogen-bond donors (Lipinski definition) is 2. The van der Waals surface area contributed by atoms with Gasteiger partial charge in [0.15, 0.2) is 0 Å². The van der Waals surface area contributed by atoms with Crippen LogP contribution in [0.1, 0.15) is 0 Å². The molecule has 2 atom stereocenters. The van der Waals surface area contributed by atoms with Crippen LogP contribution < -0.4 is 10.2 Å². The lowest BCUT2D eigenvalue weighted by Crippen LogP contribution is -2.58. The highest BCUT2D eigenvalue weighted by molar-refractivity contribution is 6.30. The van der Waals surface area contributed by atoms with Gasteiger partial charge in [-0.2, -0.15) is 0 Å². The minimum atomic E-state index is -0.993. The van der Waals surface area contributed by atoms with E-state index in [2.05, 4.69) is 5.32 Å². The van der Waals surface area contributed by atoms with E-state index in [4.69, 9.17) is 16.3 Å². The Labute approximate surface area is 132 Å². The van der Waals surface area contributed by atoms with Gasteiger partial charge in [-0.05, 0) is 24.3 Å². The summed E-state index contributed by atoms with van der Waals surface area (Å²) in [4.78, 5) is 26.2. The van der Waals surface area contributed by atoms with Crippen molar-refractivity contribution in [1.29, 1.82) is 0 Å². The van der Waals surface area contributed by atoms with Crippen LogP contribution >= 0.6 is 11.6 Å². The maximum Gasteiger partial charge on any atom is 0.414 e. The Bertz CT molecular complexity index is 580. The minimum Gasteiger partial charge on any atom is -0.465 e. The summed E-state index contributed by atoms with van der Waals surface area (Å²) in [7, 11) is 0. The number of anilines is 1. The second-order valence-electron chi connectivity index (χ2n) is 5.26. The van der Waals surface area contributed by atoms with Crippen LogP contribution in [0.5, 0.6) is 0 Å². The number of carbonyl (C=O) groups is 2. The second-order valence-corrected chi connectivity index (χ2v) is 5.69. The molecule has 3 rings (SSSR count). The summed E-state index contributed by atoms with van der Waals surface area (Å²) < 4.78 is 5.39. The van der Waals surface area contributed by atoms with Crippen molar-refractivity contribution in [3.63, 3.8) is 0 Å². The second kappa shape index (κ2) is 6.02. The minimum absolute atomic E-state index is 0.316. The number of cyclic esters (lactones) is 1. The number of benzene rings is 1. The molecule has 2 saturated heterocycles. The van der Waals surface area contributed by atoms with Crippen LogP contribution in [0.3, 0.4) is 0 Å². The van der Waals surface area contributed by atoms with E-state index in [1.807, 2.05) is 0 Å². The first kappa shape index (κ1) is 14.9. The van der Waals surface area contributed by atoms with Crippen LogP contribution in [0.15, 0.2) is 24.3 Å². The van der Waals surface area contributed by atoms with Crippen molar-refractivity contribution in [3.05, 3.63) is 29.3 Å². The van der Waals surface area contributed by atoms with Crippen LogP contribution in [0.2, 0.25) is 5.02 Å². The number of rotatable bonds is 2. The Balaban J connectivity index is 1.76. The van der Waals surface area contributed by atoms with Crippen molar-refractivity contribution in [2.24, 2.45) is 0 Å². The monoisotopic (exact) mass is 325 g/mol. The molecule has 22 heavy (non-hydrogen) atoms. The lowest BCUT2D eigenvalue weighted by Gasteiger charge is -2.36. The van der Waals surface area contributed by atoms with E-state index in [9.17, 15) is 14.7 Å². The summed E-state index contributed by atoms with van der Waals surface area (Å²) in [5, 5.41) is 13.0. The number of ether oxygens (including phenoxy) is 1. The predicted octanol–water partition coefficient (Wildman–Crippen LogP) is 1.62. The zero-order chi connectivity index (χ0) is 15.7. The lowest BCUT2D eigenvalue weighted by atomic mass is 10.1. The molecule has 2 aliphatic heterocycles. The third-order valence-corrected chi connectivity index (χ3v) is 4.18. The van der Waals surface area contributed by atoms with Gasteiger partial charge in [0, 0.05) is 30.3 Å². The maximum atomic E-state index is 12.1. The fourth-order valence-electron chi connectivity index (χ4n) is 2.81. The first-order valence-corrected chi connectivity index (χ1v) is 7.38. The van der Waals surface area contributed by atoms with Crippen LogP contribution in [-0.2, 0) is 4.74 Å². The molecule has 2 aliphatic rings. The number of amides is 2. The normalized spacial score (nSPS) is 25.2. The van der Waals surface area contributed by atoms with Gasteiger partial charge in [-0.25, -0.2) is 9.59 Å². The van der Waals surface area contributed by atoms with Crippen molar-refractivity contribution >= 4 is 29.5 Å². The molecule has 0 radical (unpaired) electrons. The summed E-state index contributed by atoms with van der Waals surface area (Å²) in [6.07, 6.45) is -1.96. The fourth-order valence-corrected chi connectivity index (χ4v) is 2.94. The van der Waals surface area contributed by atoms with Crippen LogP contribution in [-0.4, -0.2) is 60.5 Å². The molecule has 118 valence electrons. The number of piperazine rings is 1. The molecule has 2 heterocycles. The zero-order valence-electron chi connectivity index (χ0n) is 11.7. The molecular formula is C14H16ClN3O4. The fraction of sp³-hybridized carbons (Fsp3) is 0.429. The molecule has 2 fully saturated rings. The van der Waals surface area contributed by atoms with Crippen molar-refractivity contribution in [1.82, 2.24) is 10.2 Å². The number of nitrogens with zero attached hydrogens (tertiary/aromatic N) is 2. The third-order valence-electron chi connectivity index (χ3n) is 3.93. The molecule has 7 nitrogen and oxygen atoms in total. The number of carboxylic acid groups (broad SMARTS) is 1. The number of carbonyl (C=O) groups excluding carboxylic acids is 1. The Morgan fingerprint density at radius 2 is 2.09 bits per heavy atom. The lowest BCUT2D eigenvalue weighted by molar-refractivity contribution is 0.0450. The average Bonchev–Trinajstić information content (AvgIpc) is 2.90. The standard InChI is InChI=1S/C14H16ClN3O4/c15-9-1-3-10(4-2-9)18-8-12(22-14(18)21)11-7-16-5-6-17(11)13(19)20/h1-4,11-12,16H,5-8H2,(H,19,20).